The highest BCUT2D eigenvalue weighted by Crippen LogP contribution is 2.26. The molecule has 0 aliphatic rings. The van der Waals surface area contributed by atoms with E-state index in [-0.39, 0.29) is 0 Å². The van der Waals surface area contributed by atoms with Crippen molar-refractivity contribution in [1.82, 2.24) is 10.3 Å². The molecule has 0 amide bonds. The summed E-state index contributed by atoms with van der Waals surface area (Å²) in [6, 6.07) is 0. The second kappa shape index (κ2) is 8.38. The summed E-state index contributed by atoms with van der Waals surface area (Å²) in [7, 11) is 1.74. The van der Waals surface area contributed by atoms with E-state index in [2.05, 4.69) is 44.9 Å². The van der Waals surface area contributed by atoms with Gasteiger partial charge in [-0.05, 0) is 51.1 Å². The van der Waals surface area contributed by atoms with Crippen molar-refractivity contribution in [3.63, 3.8) is 0 Å². The molecule has 1 N–H and O–H groups in total. The third-order valence-corrected chi connectivity index (χ3v) is 4.11. The van der Waals surface area contributed by atoms with Gasteiger partial charge in [0.15, 0.2) is 0 Å². The van der Waals surface area contributed by atoms with E-state index in [0.717, 1.165) is 30.8 Å². The lowest BCUT2D eigenvalue weighted by Gasteiger charge is -2.23. The molecular weight excluding hydrogens is 260 g/mol. The van der Waals surface area contributed by atoms with Gasteiger partial charge in [0.25, 0.3) is 0 Å². The van der Waals surface area contributed by atoms with Gasteiger partial charge in [0, 0.05) is 23.0 Å². The predicted octanol–water partition coefficient (Wildman–Crippen LogP) is 3.77. The summed E-state index contributed by atoms with van der Waals surface area (Å²) in [5.74, 6) is 2.91. The monoisotopic (exact) mass is 292 g/mol. The lowest BCUT2D eigenvalue weighted by Crippen LogP contribution is -2.30. The highest BCUT2D eigenvalue weighted by atomic mass is 16.5. The fourth-order valence-electron chi connectivity index (χ4n) is 2.63. The molecule has 21 heavy (non-hydrogen) atoms. The molecule has 1 unspecified atom stereocenters. The smallest absolute Gasteiger partial charge is 0.128 e. The number of aromatic nitrogens is 1. The Balaban J connectivity index is 2.80. The first-order valence-corrected chi connectivity index (χ1v) is 8.06. The Bertz CT molecular complexity index is 441. The van der Waals surface area contributed by atoms with Crippen molar-refractivity contribution in [3.05, 3.63) is 23.0 Å². The van der Waals surface area contributed by atoms with Crippen LogP contribution in [0.5, 0.6) is 5.75 Å². The van der Waals surface area contributed by atoms with Crippen LogP contribution in [0.3, 0.4) is 0 Å². The topological polar surface area (TPSA) is 34.1 Å². The summed E-state index contributed by atoms with van der Waals surface area (Å²) >= 11 is 0. The Labute approximate surface area is 130 Å². The van der Waals surface area contributed by atoms with Gasteiger partial charge in [0.05, 0.1) is 7.11 Å². The zero-order valence-corrected chi connectivity index (χ0v) is 14.8. The van der Waals surface area contributed by atoms with E-state index in [0.29, 0.717) is 17.8 Å². The maximum Gasteiger partial charge on any atom is 0.128 e. The van der Waals surface area contributed by atoms with Gasteiger partial charge in [-0.15, -0.1) is 0 Å². The van der Waals surface area contributed by atoms with Gasteiger partial charge >= 0.3 is 0 Å². The molecule has 0 bridgehead atoms. The lowest BCUT2D eigenvalue weighted by molar-refractivity contribution is 0.348. The largest absolute Gasteiger partial charge is 0.496 e. The van der Waals surface area contributed by atoms with E-state index in [1.54, 1.807) is 7.11 Å². The maximum absolute atomic E-state index is 5.52. The second-order valence-corrected chi connectivity index (χ2v) is 6.81. The molecule has 1 atom stereocenters. The van der Waals surface area contributed by atoms with Crippen LogP contribution in [0.4, 0.5) is 0 Å². The average molecular weight is 292 g/mol. The molecular formula is C18H32N2O. The SMILES string of the molecule is COc1c(C)cnc(CC(CNCC(C)C)C(C)C)c1C. The normalized spacial score (nSPS) is 13.0. The van der Waals surface area contributed by atoms with E-state index in [9.17, 15) is 0 Å². The average Bonchev–Trinajstić information content (AvgIpc) is 2.40. The van der Waals surface area contributed by atoms with Gasteiger partial charge in [-0.3, -0.25) is 4.98 Å². The third-order valence-electron chi connectivity index (χ3n) is 4.11. The molecule has 1 aromatic rings. The second-order valence-electron chi connectivity index (χ2n) is 6.81. The Hall–Kier alpha value is -1.09. The Morgan fingerprint density at radius 1 is 1.14 bits per heavy atom. The quantitative estimate of drug-likeness (QED) is 0.792. The highest BCUT2D eigenvalue weighted by Gasteiger charge is 2.18. The minimum absolute atomic E-state index is 0.599. The molecule has 3 heteroatoms. The van der Waals surface area contributed by atoms with Gasteiger partial charge in [-0.1, -0.05) is 27.7 Å². The zero-order valence-electron chi connectivity index (χ0n) is 14.8. The molecule has 0 fully saturated rings. The van der Waals surface area contributed by atoms with Crippen molar-refractivity contribution < 1.29 is 4.74 Å². The van der Waals surface area contributed by atoms with E-state index in [4.69, 9.17) is 4.74 Å². The molecule has 1 rings (SSSR count). The third kappa shape index (κ3) is 5.31. The van der Waals surface area contributed by atoms with Crippen LogP contribution in [0.25, 0.3) is 0 Å². The number of hydrogen-bond acceptors (Lipinski definition) is 3. The first kappa shape index (κ1) is 18.0. The summed E-state index contributed by atoms with van der Waals surface area (Å²) in [6.07, 6.45) is 2.94. The van der Waals surface area contributed by atoms with Gasteiger partial charge in [0.1, 0.15) is 5.75 Å². The van der Waals surface area contributed by atoms with E-state index < -0.39 is 0 Å². The fraction of sp³-hybridized carbons (Fsp3) is 0.722. The number of ether oxygens (including phenoxy) is 1. The molecule has 0 saturated heterocycles. The van der Waals surface area contributed by atoms with Crippen LogP contribution < -0.4 is 10.1 Å². The van der Waals surface area contributed by atoms with Gasteiger partial charge in [-0.2, -0.15) is 0 Å². The fourth-order valence-corrected chi connectivity index (χ4v) is 2.63. The molecule has 0 aliphatic heterocycles. The first-order valence-electron chi connectivity index (χ1n) is 8.06. The van der Waals surface area contributed by atoms with E-state index in [1.165, 1.54) is 11.3 Å². The van der Waals surface area contributed by atoms with Crippen molar-refractivity contribution in [1.29, 1.82) is 0 Å². The summed E-state index contributed by atoms with van der Waals surface area (Å²) < 4.78 is 5.52. The molecule has 1 heterocycles. The van der Waals surface area contributed by atoms with Crippen LogP contribution in [0.15, 0.2) is 6.20 Å². The number of aryl methyl sites for hydroxylation is 1. The number of hydrogen-bond donors (Lipinski definition) is 1. The molecule has 0 saturated carbocycles. The Kier molecular flexibility index (Phi) is 7.16. The molecule has 3 nitrogen and oxygen atoms in total. The minimum Gasteiger partial charge on any atom is -0.496 e. The van der Waals surface area contributed by atoms with Crippen LogP contribution >= 0.6 is 0 Å². The highest BCUT2D eigenvalue weighted by molar-refractivity contribution is 5.41. The van der Waals surface area contributed by atoms with Crippen LogP contribution in [-0.4, -0.2) is 25.2 Å². The molecule has 120 valence electrons. The molecule has 0 spiro atoms. The lowest BCUT2D eigenvalue weighted by atomic mass is 9.89. The predicted molar refractivity (Wildman–Crippen MR) is 90.0 cm³/mol. The van der Waals surface area contributed by atoms with Gasteiger partial charge in [0.2, 0.25) is 0 Å². The van der Waals surface area contributed by atoms with Gasteiger partial charge in [-0.25, -0.2) is 0 Å². The number of nitrogens with one attached hydrogen (secondary N) is 1. The summed E-state index contributed by atoms with van der Waals surface area (Å²) in [6.45, 7) is 15.4. The van der Waals surface area contributed by atoms with E-state index >= 15 is 0 Å². The number of rotatable bonds is 8. The van der Waals surface area contributed by atoms with Crippen LogP contribution in [0, 0.1) is 31.6 Å². The first-order chi connectivity index (χ1) is 9.86. The van der Waals surface area contributed by atoms with Crippen molar-refractivity contribution in [3.8, 4) is 5.75 Å². The minimum atomic E-state index is 0.599. The summed E-state index contributed by atoms with van der Waals surface area (Å²) in [5.41, 5.74) is 3.47. The Morgan fingerprint density at radius 2 is 1.81 bits per heavy atom. The van der Waals surface area contributed by atoms with Gasteiger partial charge < -0.3 is 10.1 Å². The number of nitrogens with zero attached hydrogens (tertiary/aromatic N) is 1. The zero-order chi connectivity index (χ0) is 16.0. The number of methoxy groups -OCH3 is 1. The molecule has 0 aliphatic carbocycles. The summed E-state index contributed by atoms with van der Waals surface area (Å²) in [5, 5.41) is 3.59. The molecule has 0 aromatic carbocycles. The van der Waals surface area contributed by atoms with Crippen molar-refractivity contribution >= 4 is 0 Å². The van der Waals surface area contributed by atoms with Crippen molar-refractivity contribution in [2.45, 2.75) is 48.0 Å². The number of pyridine rings is 1. The summed E-state index contributed by atoms with van der Waals surface area (Å²) in [4.78, 5) is 4.64. The molecule has 0 radical (unpaired) electrons. The molecule has 1 aromatic heterocycles. The van der Waals surface area contributed by atoms with E-state index in [1.807, 2.05) is 13.1 Å². The van der Waals surface area contributed by atoms with Crippen LogP contribution in [-0.2, 0) is 6.42 Å². The Morgan fingerprint density at radius 3 is 2.33 bits per heavy atom. The standard InChI is InChI=1S/C18H32N2O/c1-12(2)9-19-11-16(13(3)4)8-17-15(6)18(21-7)14(5)10-20-17/h10,12-13,16,19H,8-9,11H2,1-7H3. The maximum atomic E-state index is 5.52. The van der Waals surface area contributed by atoms with Crippen LogP contribution in [0.2, 0.25) is 0 Å². The van der Waals surface area contributed by atoms with Crippen LogP contribution in [0.1, 0.15) is 44.5 Å². The van der Waals surface area contributed by atoms with Crippen molar-refractivity contribution in [2.24, 2.45) is 17.8 Å². The van der Waals surface area contributed by atoms with Crippen molar-refractivity contribution in [2.75, 3.05) is 20.2 Å².